The fourth-order valence-electron chi connectivity index (χ4n) is 2.78. The highest BCUT2D eigenvalue weighted by molar-refractivity contribution is 7.99. The maximum absolute atomic E-state index is 12.5. The van der Waals surface area contributed by atoms with Crippen molar-refractivity contribution in [2.75, 3.05) is 30.3 Å². The number of sulfonamides is 1. The summed E-state index contributed by atoms with van der Waals surface area (Å²) < 4.78 is 33.0. The molecule has 0 saturated carbocycles. The van der Waals surface area contributed by atoms with E-state index in [1.54, 1.807) is 34.9 Å². The monoisotopic (exact) mass is 356 g/mol. The van der Waals surface area contributed by atoms with Gasteiger partial charge in [-0.15, -0.1) is 11.8 Å². The number of carbonyl (C=O) groups excluding carboxylic acids is 1. The number of hydrogen-bond acceptors (Lipinski definition) is 5. The number of nitrogens with zero attached hydrogens (tertiary/aromatic N) is 1. The van der Waals surface area contributed by atoms with Crippen LogP contribution in [0.15, 0.2) is 28.0 Å². The molecular formula is C15H20N2O4S2. The SMILES string of the molecule is CC(=O)N1CCSc2ccc(S(=O)(=O)NCC3CCCO3)cc21. The van der Waals surface area contributed by atoms with Crippen molar-refractivity contribution in [1.82, 2.24) is 4.72 Å². The topological polar surface area (TPSA) is 75.7 Å². The number of carbonyl (C=O) groups is 1. The van der Waals surface area contributed by atoms with E-state index in [-0.39, 0.29) is 23.5 Å². The summed E-state index contributed by atoms with van der Waals surface area (Å²) in [6.45, 7) is 3.07. The first-order valence-corrected chi connectivity index (χ1v) is 10.1. The molecule has 0 spiro atoms. The molecule has 1 atom stereocenters. The van der Waals surface area contributed by atoms with Crippen LogP contribution in [0.3, 0.4) is 0 Å². The minimum absolute atomic E-state index is 0.0494. The Kier molecular flexibility index (Phi) is 4.96. The smallest absolute Gasteiger partial charge is 0.240 e. The van der Waals surface area contributed by atoms with E-state index in [9.17, 15) is 13.2 Å². The maximum atomic E-state index is 12.5. The summed E-state index contributed by atoms with van der Waals surface area (Å²) in [5.74, 6) is 0.740. The molecule has 1 aromatic rings. The van der Waals surface area contributed by atoms with Crippen LogP contribution in [0.1, 0.15) is 19.8 Å². The van der Waals surface area contributed by atoms with Crippen molar-refractivity contribution in [1.29, 1.82) is 0 Å². The fraction of sp³-hybridized carbons (Fsp3) is 0.533. The number of thioether (sulfide) groups is 1. The van der Waals surface area contributed by atoms with E-state index >= 15 is 0 Å². The highest BCUT2D eigenvalue weighted by atomic mass is 32.2. The quantitative estimate of drug-likeness (QED) is 0.887. The van der Waals surface area contributed by atoms with Crippen molar-refractivity contribution in [2.45, 2.75) is 35.7 Å². The zero-order valence-electron chi connectivity index (χ0n) is 12.9. The van der Waals surface area contributed by atoms with Crippen LogP contribution in [0.25, 0.3) is 0 Å². The molecular weight excluding hydrogens is 336 g/mol. The number of amides is 1. The predicted octanol–water partition coefficient (Wildman–Crippen LogP) is 1.60. The second-order valence-electron chi connectivity index (χ2n) is 5.64. The second kappa shape index (κ2) is 6.80. The Labute approximate surface area is 140 Å². The van der Waals surface area contributed by atoms with Crippen molar-refractivity contribution >= 4 is 33.4 Å². The first kappa shape index (κ1) is 16.8. The molecule has 1 aromatic carbocycles. The van der Waals surface area contributed by atoms with Crippen LogP contribution in [0.5, 0.6) is 0 Å². The Hall–Kier alpha value is -1.09. The first-order valence-electron chi connectivity index (χ1n) is 7.63. The van der Waals surface area contributed by atoms with Gasteiger partial charge < -0.3 is 9.64 Å². The lowest BCUT2D eigenvalue weighted by Gasteiger charge is -2.28. The molecule has 1 amide bonds. The average molecular weight is 356 g/mol. The number of fused-ring (bicyclic) bond motifs is 1. The van der Waals surface area contributed by atoms with E-state index < -0.39 is 10.0 Å². The Morgan fingerprint density at radius 2 is 2.30 bits per heavy atom. The first-order chi connectivity index (χ1) is 11.0. The van der Waals surface area contributed by atoms with Crippen molar-refractivity contribution in [3.63, 3.8) is 0 Å². The van der Waals surface area contributed by atoms with Gasteiger partial charge in [0.05, 0.1) is 16.7 Å². The van der Waals surface area contributed by atoms with Crippen LogP contribution >= 0.6 is 11.8 Å². The maximum Gasteiger partial charge on any atom is 0.240 e. The lowest BCUT2D eigenvalue weighted by Crippen LogP contribution is -2.34. The molecule has 2 heterocycles. The Balaban J connectivity index is 1.82. The molecule has 1 unspecified atom stereocenters. The van der Waals surface area contributed by atoms with Crippen LogP contribution < -0.4 is 9.62 Å². The molecule has 2 aliphatic heterocycles. The van der Waals surface area contributed by atoms with Gasteiger partial charge in [-0.2, -0.15) is 0 Å². The van der Waals surface area contributed by atoms with Gasteiger partial charge in [-0.1, -0.05) is 0 Å². The summed E-state index contributed by atoms with van der Waals surface area (Å²) in [5.41, 5.74) is 0.675. The summed E-state index contributed by atoms with van der Waals surface area (Å²) in [4.78, 5) is 14.5. The zero-order valence-corrected chi connectivity index (χ0v) is 14.6. The van der Waals surface area contributed by atoms with Crippen LogP contribution in [-0.4, -0.2) is 45.9 Å². The molecule has 2 aliphatic rings. The van der Waals surface area contributed by atoms with Crippen LogP contribution in [0.2, 0.25) is 0 Å². The molecule has 1 saturated heterocycles. The van der Waals surface area contributed by atoms with Gasteiger partial charge in [-0.25, -0.2) is 13.1 Å². The molecule has 126 valence electrons. The van der Waals surface area contributed by atoms with Gasteiger partial charge in [-0.3, -0.25) is 4.79 Å². The highest BCUT2D eigenvalue weighted by Crippen LogP contribution is 2.36. The second-order valence-corrected chi connectivity index (χ2v) is 8.54. The van der Waals surface area contributed by atoms with Gasteiger partial charge in [-0.05, 0) is 31.0 Å². The fourth-order valence-corrected chi connectivity index (χ4v) is 4.84. The van der Waals surface area contributed by atoms with Gasteiger partial charge in [0, 0.05) is 37.3 Å². The summed E-state index contributed by atoms with van der Waals surface area (Å²) in [6.07, 6.45) is 1.80. The summed E-state index contributed by atoms with van der Waals surface area (Å²) in [6, 6.07) is 4.95. The molecule has 23 heavy (non-hydrogen) atoms. The van der Waals surface area contributed by atoms with E-state index in [0.29, 0.717) is 18.8 Å². The number of benzene rings is 1. The lowest BCUT2D eigenvalue weighted by atomic mass is 10.2. The molecule has 0 aliphatic carbocycles. The molecule has 3 rings (SSSR count). The molecule has 0 radical (unpaired) electrons. The Bertz CT molecular complexity index is 699. The summed E-state index contributed by atoms with van der Waals surface area (Å²) in [7, 11) is -3.61. The average Bonchev–Trinajstić information content (AvgIpc) is 3.05. The molecule has 6 nitrogen and oxygen atoms in total. The normalized spacial score (nSPS) is 21.3. The van der Waals surface area contributed by atoms with Gasteiger partial charge in [0.2, 0.25) is 15.9 Å². The van der Waals surface area contributed by atoms with Crippen LogP contribution in [0, 0.1) is 0 Å². The van der Waals surface area contributed by atoms with Crippen LogP contribution in [0.4, 0.5) is 5.69 Å². The van der Waals surface area contributed by atoms with E-state index in [1.165, 1.54) is 6.92 Å². The highest BCUT2D eigenvalue weighted by Gasteiger charge is 2.25. The van der Waals surface area contributed by atoms with E-state index in [1.807, 2.05) is 0 Å². The van der Waals surface area contributed by atoms with E-state index in [2.05, 4.69) is 4.72 Å². The zero-order chi connectivity index (χ0) is 16.4. The predicted molar refractivity (Wildman–Crippen MR) is 89.4 cm³/mol. The lowest BCUT2D eigenvalue weighted by molar-refractivity contribution is -0.116. The molecule has 8 heteroatoms. The molecule has 1 N–H and O–H groups in total. The minimum Gasteiger partial charge on any atom is -0.377 e. The third-order valence-corrected chi connectivity index (χ3v) is 6.47. The molecule has 0 aromatic heterocycles. The number of hydrogen-bond donors (Lipinski definition) is 1. The van der Waals surface area contributed by atoms with Gasteiger partial charge in [0.25, 0.3) is 0 Å². The van der Waals surface area contributed by atoms with Crippen LogP contribution in [-0.2, 0) is 19.6 Å². The number of anilines is 1. The standard InChI is InChI=1S/C15H20N2O4S2/c1-11(18)17-6-8-22-15-5-4-13(9-14(15)17)23(19,20)16-10-12-3-2-7-21-12/h4-5,9,12,16H,2-3,6-8,10H2,1H3. The Morgan fingerprint density at radius 3 is 3.00 bits per heavy atom. The number of nitrogens with one attached hydrogen (secondary N) is 1. The van der Waals surface area contributed by atoms with Crippen molar-refractivity contribution < 1.29 is 17.9 Å². The molecule has 1 fully saturated rings. The largest absolute Gasteiger partial charge is 0.377 e. The minimum atomic E-state index is -3.61. The third kappa shape index (κ3) is 3.71. The van der Waals surface area contributed by atoms with Crippen molar-refractivity contribution in [3.8, 4) is 0 Å². The summed E-state index contributed by atoms with van der Waals surface area (Å²) in [5, 5.41) is 0. The third-order valence-electron chi connectivity index (χ3n) is 4.01. The Morgan fingerprint density at radius 1 is 1.48 bits per heavy atom. The van der Waals surface area contributed by atoms with Gasteiger partial charge >= 0.3 is 0 Å². The van der Waals surface area contributed by atoms with E-state index in [0.717, 1.165) is 23.5 Å². The van der Waals surface area contributed by atoms with Gasteiger partial charge in [0.1, 0.15) is 0 Å². The molecule has 0 bridgehead atoms. The number of rotatable bonds is 4. The summed E-state index contributed by atoms with van der Waals surface area (Å²) >= 11 is 1.63. The van der Waals surface area contributed by atoms with E-state index in [4.69, 9.17) is 4.74 Å². The number of ether oxygens (including phenoxy) is 1. The van der Waals surface area contributed by atoms with Gasteiger partial charge in [0.15, 0.2) is 0 Å². The van der Waals surface area contributed by atoms with Crippen molar-refractivity contribution in [2.24, 2.45) is 0 Å². The van der Waals surface area contributed by atoms with Crippen molar-refractivity contribution in [3.05, 3.63) is 18.2 Å².